The second-order valence-corrected chi connectivity index (χ2v) is 10.1. The number of ether oxygens (including phenoxy) is 2. The zero-order valence-corrected chi connectivity index (χ0v) is 24.8. The van der Waals surface area contributed by atoms with Crippen molar-refractivity contribution < 1.29 is 19.1 Å². The summed E-state index contributed by atoms with van der Waals surface area (Å²) in [5.41, 5.74) is 4.28. The topological polar surface area (TPSA) is 116 Å². The Bertz CT molecular complexity index is 1670. The first kappa shape index (κ1) is 29.6. The molecule has 0 saturated carbocycles. The van der Waals surface area contributed by atoms with E-state index in [9.17, 15) is 14.4 Å². The number of anilines is 1. The fourth-order valence-corrected chi connectivity index (χ4v) is 4.73. The van der Waals surface area contributed by atoms with Crippen molar-refractivity contribution in [1.29, 1.82) is 0 Å². The molecule has 0 unspecified atom stereocenters. The molecule has 2 N–H and O–H groups in total. The van der Waals surface area contributed by atoms with E-state index in [1.807, 2.05) is 31.2 Å². The molecule has 12 heteroatoms. The largest absolute Gasteiger partial charge is 0.490 e. The van der Waals surface area contributed by atoms with Crippen LogP contribution in [0, 0.1) is 6.92 Å². The summed E-state index contributed by atoms with van der Waals surface area (Å²) in [5.74, 6) is -1.12. The van der Waals surface area contributed by atoms with E-state index in [-0.39, 0.29) is 12.3 Å². The molecule has 0 aliphatic rings. The molecule has 41 heavy (non-hydrogen) atoms. The average Bonchev–Trinajstić information content (AvgIpc) is 3.16. The molecular weight excluding hydrogens is 614 g/mol. The van der Waals surface area contributed by atoms with Crippen LogP contribution in [0.3, 0.4) is 0 Å². The molecule has 3 aromatic carbocycles. The molecule has 0 bridgehead atoms. The van der Waals surface area contributed by atoms with Gasteiger partial charge in [0.2, 0.25) is 0 Å². The summed E-state index contributed by atoms with van der Waals surface area (Å²) >= 11 is 9.56. The maximum atomic E-state index is 13.0. The van der Waals surface area contributed by atoms with Gasteiger partial charge in [-0.2, -0.15) is 5.10 Å². The Hall–Kier alpha value is -4.35. The SMILES string of the molecule is CCOc1cc(C=NNC(=O)C(=O)Nc2c(C)n(C)n(-c3ccccc3)c2=O)cc(Br)c1OCc1cccc(Cl)c1. The number of hydrogen-bond donors (Lipinski definition) is 2. The van der Waals surface area contributed by atoms with E-state index in [4.69, 9.17) is 21.1 Å². The molecule has 4 rings (SSSR count). The van der Waals surface area contributed by atoms with E-state index in [1.54, 1.807) is 61.1 Å². The van der Waals surface area contributed by atoms with Crippen molar-refractivity contribution in [2.75, 3.05) is 11.9 Å². The second kappa shape index (κ2) is 13.3. The van der Waals surface area contributed by atoms with Gasteiger partial charge in [0.25, 0.3) is 5.56 Å². The van der Waals surface area contributed by atoms with Crippen LogP contribution in [-0.4, -0.2) is 34.0 Å². The van der Waals surface area contributed by atoms with E-state index < -0.39 is 17.4 Å². The zero-order valence-electron chi connectivity index (χ0n) is 22.5. The fourth-order valence-electron chi connectivity index (χ4n) is 3.95. The lowest BCUT2D eigenvalue weighted by Crippen LogP contribution is -2.34. The quantitative estimate of drug-likeness (QED) is 0.152. The Balaban J connectivity index is 1.43. The number of rotatable bonds is 9. The van der Waals surface area contributed by atoms with Crippen LogP contribution in [0.25, 0.3) is 5.69 Å². The Morgan fingerprint density at radius 3 is 2.51 bits per heavy atom. The highest BCUT2D eigenvalue weighted by molar-refractivity contribution is 9.10. The van der Waals surface area contributed by atoms with Gasteiger partial charge in [-0.1, -0.05) is 41.9 Å². The number of carbonyl (C=O) groups is 2. The van der Waals surface area contributed by atoms with Gasteiger partial charge in [0.1, 0.15) is 12.3 Å². The summed E-state index contributed by atoms with van der Waals surface area (Å²) in [5, 5.41) is 6.90. The first-order valence-electron chi connectivity index (χ1n) is 12.5. The van der Waals surface area contributed by atoms with Crippen LogP contribution in [-0.2, 0) is 23.2 Å². The van der Waals surface area contributed by atoms with Crippen LogP contribution in [0.4, 0.5) is 5.69 Å². The van der Waals surface area contributed by atoms with Gasteiger partial charge in [0.05, 0.1) is 28.7 Å². The number of nitrogens with zero attached hydrogens (tertiary/aromatic N) is 3. The van der Waals surface area contributed by atoms with Gasteiger partial charge in [0.15, 0.2) is 11.5 Å². The summed E-state index contributed by atoms with van der Waals surface area (Å²) in [4.78, 5) is 38.0. The van der Waals surface area contributed by atoms with Crippen LogP contribution < -0.4 is 25.8 Å². The molecule has 0 aliphatic carbocycles. The minimum absolute atomic E-state index is 0.000804. The van der Waals surface area contributed by atoms with E-state index >= 15 is 0 Å². The first-order valence-corrected chi connectivity index (χ1v) is 13.7. The van der Waals surface area contributed by atoms with Crippen molar-refractivity contribution in [2.45, 2.75) is 20.5 Å². The summed E-state index contributed by atoms with van der Waals surface area (Å²) < 4.78 is 15.3. The standard InChI is InChI=1S/C29H27BrClN5O5/c1-4-40-24-15-20(14-23(30)26(24)41-17-19-9-8-10-21(31)13-19)16-32-34-28(38)27(37)33-25-18(2)35(3)36(29(25)39)22-11-6-5-7-12-22/h5-16H,4,17H2,1-3H3,(H,33,37)(H,34,38). The second-order valence-electron chi connectivity index (χ2n) is 8.77. The molecule has 2 amide bonds. The smallest absolute Gasteiger partial charge is 0.329 e. The van der Waals surface area contributed by atoms with E-state index in [1.165, 1.54) is 10.9 Å². The van der Waals surface area contributed by atoms with Crippen LogP contribution in [0.2, 0.25) is 5.02 Å². The monoisotopic (exact) mass is 639 g/mol. The molecule has 1 heterocycles. The predicted octanol–water partition coefficient (Wildman–Crippen LogP) is 4.97. The number of para-hydroxylation sites is 1. The molecule has 0 radical (unpaired) electrons. The number of hydrazone groups is 1. The Morgan fingerprint density at radius 1 is 1.05 bits per heavy atom. The number of nitrogens with one attached hydrogen (secondary N) is 2. The maximum Gasteiger partial charge on any atom is 0.329 e. The van der Waals surface area contributed by atoms with Crippen molar-refractivity contribution in [3.05, 3.63) is 103 Å². The normalized spacial score (nSPS) is 11.0. The summed E-state index contributed by atoms with van der Waals surface area (Å²) in [7, 11) is 1.69. The number of hydrogen-bond acceptors (Lipinski definition) is 6. The van der Waals surface area contributed by atoms with Gasteiger partial charge >= 0.3 is 11.8 Å². The summed E-state index contributed by atoms with van der Waals surface area (Å²) in [6, 6.07) is 19.7. The molecule has 0 spiro atoms. The van der Waals surface area contributed by atoms with Crippen molar-refractivity contribution in [1.82, 2.24) is 14.8 Å². The molecule has 4 aromatic rings. The number of carbonyl (C=O) groups excluding carboxylic acids is 2. The first-order chi connectivity index (χ1) is 19.7. The molecule has 0 fully saturated rings. The zero-order chi connectivity index (χ0) is 29.5. The van der Waals surface area contributed by atoms with Crippen molar-refractivity contribution in [3.8, 4) is 17.2 Å². The predicted molar refractivity (Wildman–Crippen MR) is 161 cm³/mol. The van der Waals surface area contributed by atoms with Gasteiger partial charge in [-0.15, -0.1) is 0 Å². The van der Waals surface area contributed by atoms with Gasteiger partial charge in [0, 0.05) is 12.1 Å². The molecule has 0 atom stereocenters. The third kappa shape index (κ3) is 7.05. The molecular formula is C29H27BrClN5O5. The Morgan fingerprint density at radius 2 is 1.80 bits per heavy atom. The molecule has 0 aliphatic heterocycles. The van der Waals surface area contributed by atoms with Gasteiger partial charge in [-0.05, 0) is 77.3 Å². The van der Waals surface area contributed by atoms with Crippen LogP contribution in [0.1, 0.15) is 23.7 Å². The van der Waals surface area contributed by atoms with Crippen molar-refractivity contribution in [2.24, 2.45) is 12.1 Å². The average molecular weight is 641 g/mol. The molecule has 10 nitrogen and oxygen atoms in total. The molecule has 0 saturated heterocycles. The van der Waals surface area contributed by atoms with Crippen molar-refractivity contribution in [3.63, 3.8) is 0 Å². The Labute approximate surface area is 249 Å². The number of halogens is 2. The highest BCUT2D eigenvalue weighted by Crippen LogP contribution is 2.37. The summed E-state index contributed by atoms with van der Waals surface area (Å²) in [6.07, 6.45) is 1.36. The number of amides is 2. The Kier molecular flexibility index (Phi) is 9.64. The lowest BCUT2D eigenvalue weighted by atomic mass is 10.2. The van der Waals surface area contributed by atoms with E-state index in [0.717, 1.165) is 5.56 Å². The lowest BCUT2D eigenvalue weighted by Gasteiger charge is -2.15. The molecule has 1 aromatic heterocycles. The lowest BCUT2D eigenvalue weighted by molar-refractivity contribution is -0.136. The van der Waals surface area contributed by atoms with E-state index in [0.29, 0.717) is 44.5 Å². The minimum Gasteiger partial charge on any atom is -0.490 e. The van der Waals surface area contributed by atoms with Gasteiger partial charge < -0.3 is 14.8 Å². The van der Waals surface area contributed by atoms with Crippen LogP contribution in [0.5, 0.6) is 11.5 Å². The van der Waals surface area contributed by atoms with Crippen molar-refractivity contribution >= 4 is 51.2 Å². The maximum absolute atomic E-state index is 13.0. The van der Waals surface area contributed by atoms with Gasteiger partial charge in [-0.3, -0.25) is 19.1 Å². The van der Waals surface area contributed by atoms with Crippen LogP contribution >= 0.6 is 27.5 Å². The number of aromatic nitrogens is 2. The van der Waals surface area contributed by atoms with E-state index in [2.05, 4.69) is 31.8 Å². The number of benzene rings is 3. The molecule has 212 valence electrons. The van der Waals surface area contributed by atoms with Crippen LogP contribution in [0.15, 0.2) is 81.1 Å². The van der Waals surface area contributed by atoms with Gasteiger partial charge in [-0.25, -0.2) is 10.1 Å². The highest BCUT2D eigenvalue weighted by atomic mass is 79.9. The minimum atomic E-state index is -1.04. The highest BCUT2D eigenvalue weighted by Gasteiger charge is 2.21. The fraction of sp³-hybridized carbons (Fsp3) is 0.172. The third-order valence-electron chi connectivity index (χ3n) is 5.98. The third-order valence-corrected chi connectivity index (χ3v) is 6.81. The summed E-state index contributed by atoms with van der Waals surface area (Å²) in [6.45, 7) is 4.18.